The summed E-state index contributed by atoms with van der Waals surface area (Å²) in [5.41, 5.74) is 1.94. The Hall–Kier alpha value is -2.15. The monoisotopic (exact) mass is 430 g/mol. The number of carbonyl (C=O) groups excluding carboxylic acids is 1. The Morgan fingerprint density at radius 3 is 2.41 bits per heavy atom. The lowest BCUT2D eigenvalue weighted by Crippen LogP contribution is -2.50. The molecule has 2 atom stereocenters. The molecule has 0 aromatic heterocycles. The third-order valence-electron chi connectivity index (χ3n) is 5.53. The molecule has 1 saturated heterocycles. The largest absolute Gasteiger partial charge is 0.340 e. The number of rotatable bonds is 5. The topological polar surface area (TPSA) is 57.7 Å². The zero-order chi connectivity index (χ0) is 20.4. The minimum atomic E-state index is -3.49. The molecule has 152 valence electrons. The minimum Gasteiger partial charge on any atom is -0.340 e. The van der Waals surface area contributed by atoms with Crippen molar-refractivity contribution < 1.29 is 13.2 Å². The van der Waals surface area contributed by atoms with Crippen LogP contribution in [0.3, 0.4) is 0 Å². The first-order valence-electron chi connectivity index (χ1n) is 9.71. The second-order valence-corrected chi connectivity index (χ2v) is 9.74. The third kappa shape index (κ3) is 4.71. The molecule has 0 bridgehead atoms. The lowest BCUT2D eigenvalue weighted by molar-refractivity contribution is -0.133. The molecule has 2 aliphatic rings. The smallest absolute Gasteiger partial charge is 0.236 e. The van der Waals surface area contributed by atoms with E-state index in [0.29, 0.717) is 31.2 Å². The van der Waals surface area contributed by atoms with E-state index < -0.39 is 10.0 Å². The predicted molar refractivity (Wildman–Crippen MR) is 115 cm³/mol. The fourth-order valence-corrected chi connectivity index (χ4v) is 5.16. The lowest BCUT2D eigenvalue weighted by Gasteiger charge is -2.33. The van der Waals surface area contributed by atoms with Crippen molar-refractivity contribution in [2.75, 3.05) is 26.2 Å². The van der Waals surface area contributed by atoms with E-state index in [-0.39, 0.29) is 17.7 Å². The Kier molecular flexibility index (Phi) is 5.76. The number of benzene rings is 2. The molecule has 0 spiro atoms. The van der Waals surface area contributed by atoms with Gasteiger partial charge in [0.2, 0.25) is 15.9 Å². The molecule has 2 fully saturated rings. The number of hydrogen-bond donors (Lipinski definition) is 0. The van der Waals surface area contributed by atoms with Crippen molar-refractivity contribution >= 4 is 33.6 Å². The third-order valence-corrected chi connectivity index (χ3v) is 7.33. The summed E-state index contributed by atoms with van der Waals surface area (Å²) < 4.78 is 26.6. The van der Waals surface area contributed by atoms with E-state index in [0.717, 1.165) is 17.5 Å². The van der Waals surface area contributed by atoms with Gasteiger partial charge in [0.05, 0.1) is 0 Å². The van der Waals surface area contributed by atoms with Gasteiger partial charge in [0, 0.05) is 42.5 Å². The molecule has 1 amide bonds. The second-order valence-electron chi connectivity index (χ2n) is 7.49. The van der Waals surface area contributed by atoms with E-state index in [9.17, 15) is 13.2 Å². The highest BCUT2D eigenvalue weighted by Gasteiger charge is 2.46. The van der Waals surface area contributed by atoms with E-state index in [2.05, 4.69) is 0 Å². The molecule has 2 unspecified atom stereocenters. The van der Waals surface area contributed by atoms with Crippen molar-refractivity contribution in [1.82, 2.24) is 9.21 Å². The van der Waals surface area contributed by atoms with Crippen LogP contribution in [0.25, 0.3) is 6.08 Å². The van der Waals surface area contributed by atoms with Crippen LogP contribution >= 0.6 is 11.6 Å². The van der Waals surface area contributed by atoms with Crippen LogP contribution in [0.4, 0.5) is 0 Å². The van der Waals surface area contributed by atoms with Gasteiger partial charge in [-0.1, -0.05) is 54.1 Å². The first-order chi connectivity index (χ1) is 13.9. The van der Waals surface area contributed by atoms with E-state index in [1.807, 2.05) is 54.6 Å². The molecule has 2 aromatic rings. The Morgan fingerprint density at radius 2 is 1.72 bits per heavy atom. The number of carbonyl (C=O) groups is 1. The number of halogens is 1. The van der Waals surface area contributed by atoms with Gasteiger partial charge in [0.1, 0.15) is 0 Å². The van der Waals surface area contributed by atoms with E-state index in [4.69, 9.17) is 11.6 Å². The van der Waals surface area contributed by atoms with Crippen molar-refractivity contribution in [3.05, 3.63) is 76.2 Å². The molecule has 1 aliphatic heterocycles. The van der Waals surface area contributed by atoms with Gasteiger partial charge in [-0.2, -0.15) is 4.31 Å². The SMILES string of the molecule is O=C(C1CC1c1cccc(Cl)c1)N1CCN(S(=O)(=O)/C=C/c2ccccc2)CC1. The molecular formula is C22H23ClN2O3S. The van der Waals surface area contributed by atoms with E-state index >= 15 is 0 Å². The van der Waals surface area contributed by atoms with Gasteiger partial charge in [-0.3, -0.25) is 4.79 Å². The van der Waals surface area contributed by atoms with Crippen molar-refractivity contribution in [2.24, 2.45) is 5.92 Å². The van der Waals surface area contributed by atoms with Crippen LogP contribution in [0.5, 0.6) is 0 Å². The Bertz CT molecular complexity index is 1020. The Labute approximate surface area is 176 Å². The summed E-state index contributed by atoms with van der Waals surface area (Å²) in [5, 5.41) is 1.93. The van der Waals surface area contributed by atoms with E-state index in [1.54, 1.807) is 11.0 Å². The van der Waals surface area contributed by atoms with Crippen molar-refractivity contribution in [3.63, 3.8) is 0 Å². The van der Waals surface area contributed by atoms with Crippen LogP contribution in [0.15, 0.2) is 60.0 Å². The Balaban J connectivity index is 1.32. The van der Waals surface area contributed by atoms with Gasteiger partial charge in [0.25, 0.3) is 0 Å². The summed E-state index contributed by atoms with van der Waals surface area (Å²) >= 11 is 6.05. The second kappa shape index (κ2) is 8.30. The normalized spacial score (nSPS) is 22.7. The zero-order valence-electron chi connectivity index (χ0n) is 15.9. The Morgan fingerprint density at radius 1 is 1.00 bits per heavy atom. The van der Waals surface area contributed by atoms with E-state index in [1.165, 1.54) is 9.71 Å². The standard InChI is InChI=1S/C22H23ClN2O3S/c23-19-8-4-7-18(15-19)20-16-21(20)22(26)24-10-12-25(13-11-24)29(27,28)14-9-17-5-2-1-3-6-17/h1-9,14-15,20-21H,10-13,16H2/b14-9+. The summed E-state index contributed by atoms with van der Waals surface area (Å²) in [6.07, 6.45) is 2.43. The highest BCUT2D eigenvalue weighted by atomic mass is 35.5. The maximum Gasteiger partial charge on any atom is 0.236 e. The summed E-state index contributed by atoms with van der Waals surface area (Å²) in [4.78, 5) is 14.6. The molecular weight excluding hydrogens is 408 g/mol. The van der Waals surface area contributed by atoms with Gasteiger partial charge >= 0.3 is 0 Å². The molecule has 1 saturated carbocycles. The van der Waals surface area contributed by atoms with Crippen LogP contribution in [-0.2, 0) is 14.8 Å². The van der Waals surface area contributed by atoms with Crippen LogP contribution in [0.1, 0.15) is 23.5 Å². The first-order valence-corrected chi connectivity index (χ1v) is 11.6. The molecule has 5 nitrogen and oxygen atoms in total. The molecule has 1 aliphatic carbocycles. The lowest BCUT2D eigenvalue weighted by atomic mass is 10.1. The number of amides is 1. The van der Waals surface area contributed by atoms with Gasteiger partial charge < -0.3 is 4.90 Å². The number of hydrogen-bond acceptors (Lipinski definition) is 3. The van der Waals surface area contributed by atoms with Crippen molar-refractivity contribution in [1.29, 1.82) is 0 Å². The highest BCUT2D eigenvalue weighted by molar-refractivity contribution is 7.92. The van der Waals surface area contributed by atoms with Crippen molar-refractivity contribution in [2.45, 2.75) is 12.3 Å². The molecule has 4 rings (SSSR count). The summed E-state index contributed by atoms with van der Waals surface area (Å²) in [6.45, 7) is 1.50. The fraction of sp³-hybridized carbons (Fsp3) is 0.318. The van der Waals surface area contributed by atoms with Crippen molar-refractivity contribution in [3.8, 4) is 0 Å². The highest BCUT2D eigenvalue weighted by Crippen LogP contribution is 2.48. The average molecular weight is 431 g/mol. The first kappa shape index (κ1) is 20.1. The predicted octanol–water partition coefficient (Wildman–Crippen LogP) is 3.59. The average Bonchev–Trinajstić information content (AvgIpc) is 3.54. The van der Waals surface area contributed by atoms with Gasteiger partial charge in [0.15, 0.2) is 0 Å². The van der Waals surface area contributed by atoms with Crippen LogP contribution < -0.4 is 0 Å². The number of piperazine rings is 1. The van der Waals surface area contributed by atoms with Gasteiger partial charge in [-0.05, 0) is 41.7 Å². The van der Waals surface area contributed by atoms with Gasteiger partial charge in [-0.15, -0.1) is 0 Å². The minimum absolute atomic E-state index is 0.0189. The maximum atomic E-state index is 12.8. The quantitative estimate of drug-likeness (QED) is 0.728. The maximum absolute atomic E-state index is 12.8. The molecule has 2 aromatic carbocycles. The molecule has 0 N–H and O–H groups in total. The fourth-order valence-electron chi connectivity index (χ4n) is 3.79. The van der Waals surface area contributed by atoms with Gasteiger partial charge in [-0.25, -0.2) is 8.42 Å². The van der Waals surface area contributed by atoms with Crippen LogP contribution in [0.2, 0.25) is 5.02 Å². The summed E-state index contributed by atoms with van der Waals surface area (Å²) in [7, 11) is -3.49. The molecule has 0 radical (unpaired) electrons. The molecule has 7 heteroatoms. The summed E-state index contributed by atoms with van der Waals surface area (Å²) in [6, 6.07) is 17.0. The van der Waals surface area contributed by atoms with Crippen LogP contribution in [0, 0.1) is 5.92 Å². The van der Waals surface area contributed by atoms with Crippen LogP contribution in [-0.4, -0.2) is 49.7 Å². The number of sulfonamides is 1. The molecule has 29 heavy (non-hydrogen) atoms. The molecule has 1 heterocycles. The zero-order valence-corrected chi connectivity index (χ0v) is 17.5. The number of nitrogens with zero attached hydrogens (tertiary/aromatic N) is 2. The summed E-state index contributed by atoms with van der Waals surface area (Å²) in [5.74, 6) is 0.318.